The van der Waals surface area contributed by atoms with Gasteiger partial charge in [0, 0.05) is 11.4 Å². The number of nitrogens with zero attached hydrogens (tertiary/aromatic N) is 5. The fraction of sp³-hybridized carbons (Fsp3) is 0.308. The summed E-state index contributed by atoms with van der Waals surface area (Å²) in [6.45, 7) is 5.27. The molecule has 0 spiro atoms. The van der Waals surface area contributed by atoms with E-state index in [1.165, 1.54) is 0 Å². The first-order valence-corrected chi connectivity index (χ1v) is 5.87. The summed E-state index contributed by atoms with van der Waals surface area (Å²) < 4.78 is 0. The van der Waals surface area contributed by atoms with Gasteiger partial charge in [0.05, 0.1) is 13.1 Å². The number of hydrogen-bond acceptors (Lipinski definition) is 5. The van der Waals surface area contributed by atoms with Crippen LogP contribution in [-0.4, -0.2) is 41.2 Å². The molecule has 0 amide bonds. The number of aromatic nitrogens is 1. The quantitative estimate of drug-likeness (QED) is 0.524. The van der Waals surface area contributed by atoms with Gasteiger partial charge in [-0.05, 0) is 26.0 Å². The number of amidine groups is 2. The van der Waals surface area contributed by atoms with Crippen LogP contribution in [0.25, 0.3) is 0 Å². The van der Waals surface area contributed by atoms with Crippen LogP contribution in [0, 0.1) is 0 Å². The van der Waals surface area contributed by atoms with Crippen LogP contribution in [0.15, 0.2) is 38.2 Å². The molecule has 0 saturated carbocycles. The minimum Gasteiger partial charge on any atom is -1.00 e. The van der Waals surface area contributed by atoms with Crippen LogP contribution in [0.4, 0.5) is 0 Å². The summed E-state index contributed by atoms with van der Waals surface area (Å²) >= 11 is 0. The molecule has 0 N–H and O–H groups in total. The van der Waals surface area contributed by atoms with Crippen molar-refractivity contribution in [1.29, 1.82) is 0 Å². The Bertz CT molecular complexity index is 586. The molecule has 3 rings (SSSR count). The van der Waals surface area contributed by atoms with Gasteiger partial charge in [0.2, 0.25) is 0 Å². The molecule has 0 atom stereocenters. The smallest absolute Gasteiger partial charge is 1.00 e. The van der Waals surface area contributed by atoms with Gasteiger partial charge in [0.15, 0.2) is 11.7 Å². The zero-order valence-electron chi connectivity index (χ0n) is 11.6. The normalized spacial score (nSPS) is 15.7. The van der Waals surface area contributed by atoms with Gasteiger partial charge in [-0.25, -0.2) is 15.0 Å². The minimum absolute atomic E-state index is 0. The fourth-order valence-electron chi connectivity index (χ4n) is 1.84. The predicted octanol–water partition coefficient (Wildman–Crippen LogP) is -4.47. The molecule has 5 nitrogen and oxygen atoms in total. The molecule has 8 heteroatoms. The SMILES string of the molecule is CC1=NC(c2cccc(C3=NCC(C)=N3)n2)=NC1.[Cl-].[Cl-].[V+2]. The second kappa shape index (κ2) is 8.44. The molecule has 0 aliphatic carbocycles. The number of aliphatic imine (C=N–C) groups is 4. The van der Waals surface area contributed by atoms with E-state index in [0.29, 0.717) is 24.8 Å². The Labute approximate surface area is 147 Å². The molecular formula is C13H13Cl2N5V. The first-order chi connectivity index (χ1) is 8.72. The van der Waals surface area contributed by atoms with Crippen LogP contribution in [0.3, 0.4) is 0 Å². The average Bonchev–Trinajstić information content (AvgIpc) is 2.98. The van der Waals surface area contributed by atoms with Crippen molar-refractivity contribution in [2.45, 2.75) is 13.8 Å². The molecule has 0 unspecified atom stereocenters. The van der Waals surface area contributed by atoms with Gasteiger partial charge in [-0.3, -0.25) is 9.98 Å². The molecular weight excluding hydrogens is 348 g/mol. The minimum atomic E-state index is 0. The van der Waals surface area contributed by atoms with Crippen LogP contribution in [0.5, 0.6) is 0 Å². The molecule has 0 aromatic carbocycles. The number of hydrogen-bond donors (Lipinski definition) is 0. The second-order valence-electron chi connectivity index (χ2n) is 4.38. The Morgan fingerprint density at radius 3 is 1.57 bits per heavy atom. The van der Waals surface area contributed by atoms with Crippen molar-refractivity contribution in [3.8, 4) is 0 Å². The van der Waals surface area contributed by atoms with E-state index in [1.807, 2.05) is 32.0 Å². The molecule has 3 heterocycles. The first-order valence-electron chi connectivity index (χ1n) is 5.87. The maximum absolute atomic E-state index is 4.53. The Morgan fingerprint density at radius 2 is 1.24 bits per heavy atom. The van der Waals surface area contributed by atoms with Crippen molar-refractivity contribution in [3.63, 3.8) is 0 Å². The Hall–Kier alpha value is -1.01. The Balaban J connectivity index is 0.00000133. The summed E-state index contributed by atoms with van der Waals surface area (Å²) in [4.78, 5) is 22.0. The van der Waals surface area contributed by atoms with E-state index in [2.05, 4.69) is 25.0 Å². The van der Waals surface area contributed by atoms with Crippen LogP contribution >= 0.6 is 0 Å². The Morgan fingerprint density at radius 1 is 0.810 bits per heavy atom. The Kier molecular flexibility index (Phi) is 8.04. The summed E-state index contributed by atoms with van der Waals surface area (Å²) in [6, 6.07) is 5.77. The molecule has 1 aromatic rings. The largest absolute Gasteiger partial charge is 2.00 e. The van der Waals surface area contributed by atoms with Crippen LogP contribution < -0.4 is 24.8 Å². The van der Waals surface area contributed by atoms with Crippen LogP contribution in [-0.2, 0) is 18.6 Å². The third-order valence-corrected chi connectivity index (χ3v) is 2.72. The van der Waals surface area contributed by atoms with E-state index in [0.717, 1.165) is 22.8 Å². The summed E-state index contributed by atoms with van der Waals surface area (Å²) in [5, 5.41) is 0. The van der Waals surface area contributed by atoms with E-state index in [9.17, 15) is 0 Å². The van der Waals surface area contributed by atoms with E-state index < -0.39 is 0 Å². The van der Waals surface area contributed by atoms with E-state index in [4.69, 9.17) is 0 Å². The summed E-state index contributed by atoms with van der Waals surface area (Å²) in [5.41, 5.74) is 3.60. The second-order valence-corrected chi connectivity index (χ2v) is 4.38. The van der Waals surface area contributed by atoms with Gasteiger partial charge in [-0.2, -0.15) is 0 Å². The van der Waals surface area contributed by atoms with Crippen molar-refractivity contribution in [2.24, 2.45) is 20.0 Å². The van der Waals surface area contributed by atoms with Gasteiger partial charge in [-0.15, -0.1) is 0 Å². The molecule has 0 fully saturated rings. The van der Waals surface area contributed by atoms with Crippen LogP contribution in [0.1, 0.15) is 25.2 Å². The molecule has 0 bridgehead atoms. The van der Waals surface area contributed by atoms with Crippen molar-refractivity contribution in [1.82, 2.24) is 4.98 Å². The van der Waals surface area contributed by atoms with Gasteiger partial charge < -0.3 is 24.8 Å². The zero-order chi connectivity index (χ0) is 12.5. The van der Waals surface area contributed by atoms with E-state index in [1.54, 1.807) is 0 Å². The number of pyridine rings is 1. The topological polar surface area (TPSA) is 62.3 Å². The molecule has 21 heavy (non-hydrogen) atoms. The molecule has 109 valence electrons. The molecule has 1 radical (unpaired) electrons. The molecule has 0 saturated heterocycles. The average molecular weight is 361 g/mol. The third-order valence-electron chi connectivity index (χ3n) is 2.72. The first kappa shape index (κ1) is 20.0. The zero-order valence-corrected chi connectivity index (χ0v) is 14.5. The van der Waals surface area contributed by atoms with E-state index >= 15 is 0 Å². The summed E-state index contributed by atoms with van der Waals surface area (Å²) in [5.74, 6) is 1.40. The summed E-state index contributed by atoms with van der Waals surface area (Å²) in [7, 11) is 0. The monoisotopic (exact) mass is 360 g/mol. The maximum atomic E-state index is 4.53. The van der Waals surface area contributed by atoms with Crippen molar-refractivity contribution in [3.05, 3.63) is 29.6 Å². The third kappa shape index (κ3) is 4.48. The fourth-order valence-corrected chi connectivity index (χ4v) is 1.84. The molecule has 2 aliphatic rings. The molecule has 2 aliphatic heterocycles. The van der Waals surface area contributed by atoms with E-state index in [-0.39, 0.29) is 43.4 Å². The number of rotatable bonds is 2. The van der Waals surface area contributed by atoms with Gasteiger partial charge in [-0.1, -0.05) is 6.07 Å². The molecule has 1 aromatic heterocycles. The van der Waals surface area contributed by atoms with Gasteiger partial charge in [0.25, 0.3) is 0 Å². The maximum Gasteiger partial charge on any atom is 2.00 e. The van der Waals surface area contributed by atoms with Crippen LogP contribution in [0.2, 0.25) is 0 Å². The number of halogens is 2. The van der Waals surface area contributed by atoms with Gasteiger partial charge in [0.1, 0.15) is 11.4 Å². The van der Waals surface area contributed by atoms with Crippen molar-refractivity contribution >= 4 is 23.1 Å². The predicted molar refractivity (Wildman–Crippen MR) is 73.3 cm³/mol. The van der Waals surface area contributed by atoms with Crippen molar-refractivity contribution < 1.29 is 43.4 Å². The van der Waals surface area contributed by atoms with Gasteiger partial charge >= 0.3 is 18.6 Å². The van der Waals surface area contributed by atoms with Crippen molar-refractivity contribution in [2.75, 3.05) is 13.1 Å². The standard InChI is InChI=1S/C13H13N5.2ClH.V/c1-8-6-14-12(16-8)10-4-3-5-11(18-10)13-15-7-9(2)17-13;;;/h3-5H,6-7H2,1-2H3;2*1H;/q;;;+2/p-2. The summed E-state index contributed by atoms with van der Waals surface area (Å²) in [6.07, 6.45) is 0.